The van der Waals surface area contributed by atoms with Crippen LogP contribution in [0.5, 0.6) is 0 Å². The fourth-order valence-corrected chi connectivity index (χ4v) is 1.66. The minimum absolute atomic E-state index is 0.0877. The fraction of sp³-hybridized carbons (Fsp3) is 0.900. The molecule has 1 aliphatic heterocycles. The summed E-state index contributed by atoms with van der Waals surface area (Å²) < 4.78 is 25.2. The highest BCUT2D eigenvalue weighted by molar-refractivity contribution is 5.78. The number of likely N-dealkylation sites (tertiary alicyclic amines) is 1. The molecule has 1 heterocycles. The molecule has 1 aliphatic rings. The summed E-state index contributed by atoms with van der Waals surface area (Å²) in [4.78, 5) is 13.2. The predicted octanol–water partition coefficient (Wildman–Crippen LogP) is 0.216. The van der Waals surface area contributed by atoms with Gasteiger partial charge in [0.15, 0.2) is 0 Å². The zero-order chi connectivity index (χ0) is 12.0. The minimum atomic E-state index is -3.15. The van der Waals surface area contributed by atoms with E-state index >= 15 is 0 Å². The van der Waals surface area contributed by atoms with Crippen molar-refractivity contribution in [2.75, 3.05) is 32.8 Å². The number of aliphatic hydroxyl groups excluding tert-OH is 1. The molecule has 16 heavy (non-hydrogen) atoms. The van der Waals surface area contributed by atoms with Gasteiger partial charge in [0.25, 0.3) is 5.92 Å². The summed E-state index contributed by atoms with van der Waals surface area (Å²) in [6.07, 6.45) is 3.09. The molecule has 4 nitrogen and oxygen atoms in total. The zero-order valence-corrected chi connectivity index (χ0v) is 9.22. The fourth-order valence-electron chi connectivity index (χ4n) is 1.66. The molecule has 0 bridgehead atoms. The van der Waals surface area contributed by atoms with Crippen LogP contribution < -0.4 is 5.32 Å². The highest BCUT2D eigenvalue weighted by Crippen LogP contribution is 2.10. The number of rotatable bonds is 5. The summed E-state index contributed by atoms with van der Waals surface area (Å²) in [6.45, 7) is -0.510. The van der Waals surface area contributed by atoms with Crippen LogP contribution in [0.15, 0.2) is 0 Å². The second-order valence-electron chi connectivity index (χ2n) is 4.06. The molecule has 0 unspecified atom stereocenters. The summed E-state index contributed by atoms with van der Waals surface area (Å²) in [6, 6.07) is 0. The summed E-state index contributed by atoms with van der Waals surface area (Å²) in [5, 5.41) is 10.7. The van der Waals surface area contributed by atoms with Crippen molar-refractivity contribution in [1.82, 2.24) is 10.2 Å². The van der Waals surface area contributed by atoms with E-state index in [1.54, 1.807) is 4.90 Å². The summed E-state index contributed by atoms with van der Waals surface area (Å²) in [5.74, 6) is -3.30. The Bertz CT molecular complexity index is 231. The van der Waals surface area contributed by atoms with Gasteiger partial charge in [-0.2, -0.15) is 0 Å². The van der Waals surface area contributed by atoms with Crippen LogP contribution >= 0.6 is 0 Å². The smallest absolute Gasteiger partial charge is 0.282 e. The van der Waals surface area contributed by atoms with Gasteiger partial charge in [0.1, 0.15) is 6.61 Å². The van der Waals surface area contributed by atoms with Crippen LogP contribution in [0, 0.1) is 0 Å². The van der Waals surface area contributed by atoms with Crippen molar-refractivity contribution in [3.8, 4) is 0 Å². The van der Waals surface area contributed by atoms with Crippen molar-refractivity contribution in [3.05, 3.63) is 0 Å². The van der Waals surface area contributed by atoms with Gasteiger partial charge in [0.05, 0.1) is 13.1 Å². The molecule has 0 aliphatic carbocycles. The van der Waals surface area contributed by atoms with Crippen LogP contribution in [0.2, 0.25) is 0 Å². The van der Waals surface area contributed by atoms with E-state index in [2.05, 4.69) is 5.32 Å². The Morgan fingerprint density at radius 3 is 2.50 bits per heavy atom. The minimum Gasteiger partial charge on any atom is -0.390 e. The molecule has 0 aromatic heterocycles. The molecule has 0 atom stereocenters. The van der Waals surface area contributed by atoms with E-state index in [9.17, 15) is 13.6 Å². The van der Waals surface area contributed by atoms with E-state index in [4.69, 9.17) is 5.11 Å². The lowest BCUT2D eigenvalue weighted by Gasteiger charge is -2.27. The molecule has 6 heteroatoms. The standard InChI is InChI=1S/C10H18F2N2O2/c11-10(12,8-15)7-13-6-9(16)14-4-2-1-3-5-14/h13,15H,1-8H2. The maximum absolute atomic E-state index is 12.6. The third-order valence-corrected chi connectivity index (χ3v) is 2.60. The Kier molecular flexibility index (Phi) is 5.08. The van der Waals surface area contributed by atoms with E-state index in [0.29, 0.717) is 0 Å². The van der Waals surface area contributed by atoms with Crippen LogP contribution in [0.4, 0.5) is 8.78 Å². The van der Waals surface area contributed by atoms with Crippen molar-refractivity contribution in [2.45, 2.75) is 25.2 Å². The Hall–Kier alpha value is -0.750. The van der Waals surface area contributed by atoms with Gasteiger partial charge in [-0.05, 0) is 19.3 Å². The van der Waals surface area contributed by atoms with Crippen LogP contribution in [-0.2, 0) is 4.79 Å². The summed E-state index contributed by atoms with van der Waals surface area (Å²) in [7, 11) is 0. The lowest BCUT2D eigenvalue weighted by Crippen LogP contribution is -2.44. The number of alkyl halides is 2. The average molecular weight is 236 g/mol. The third kappa shape index (κ3) is 4.40. The normalized spacial score (nSPS) is 17.6. The quantitative estimate of drug-likeness (QED) is 0.718. The number of hydrogen-bond acceptors (Lipinski definition) is 3. The lowest BCUT2D eigenvalue weighted by atomic mass is 10.1. The maximum Gasteiger partial charge on any atom is 0.282 e. The van der Waals surface area contributed by atoms with Gasteiger partial charge in [-0.25, -0.2) is 8.78 Å². The predicted molar refractivity (Wildman–Crippen MR) is 55.3 cm³/mol. The Morgan fingerprint density at radius 1 is 1.31 bits per heavy atom. The SMILES string of the molecule is O=C(CNCC(F)(F)CO)N1CCCCC1. The second-order valence-corrected chi connectivity index (χ2v) is 4.06. The van der Waals surface area contributed by atoms with E-state index in [-0.39, 0.29) is 12.5 Å². The topological polar surface area (TPSA) is 52.6 Å². The summed E-state index contributed by atoms with van der Waals surface area (Å²) >= 11 is 0. The Balaban J connectivity index is 2.19. The van der Waals surface area contributed by atoms with Gasteiger partial charge in [-0.3, -0.25) is 4.79 Å². The van der Waals surface area contributed by atoms with Gasteiger partial charge < -0.3 is 15.3 Å². The number of nitrogens with one attached hydrogen (secondary N) is 1. The zero-order valence-electron chi connectivity index (χ0n) is 9.22. The highest BCUT2D eigenvalue weighted by Gasteiger charge is 2.27. The molecular formula is C10H18F2N2O2. The molecule has 94 valence electrons. The maximum atomic E-state index is 12.6. The van der Waals surface area contributed by atoms with E-state index in [1.165, 1.54) is 0 Å². The van der Waals surface area contributed by atoms with Gasteiger partial charge in [0.2, 0.25) is 5.91 Å². The van der Waals surface area contributed by atoms with Crippen LogP contribution in [0.25, 0.3) is 0 Å². The first kappa shape index (κ1) is 13.3. The first-order valence-corrected chi connectivity index (χ1v) is 5.52. The van der Waals surface area contributed by atoms with Crippen LogP contribution in [0.3, 0.4) is 0 Å². The second kappa shape index (κ2) is 6.10. The van der Waals surface area contributed by atoms with Crippen LogP contribution in [-0.4, -0.2) is 54.6 Å². The molecule has 0 aromatic rings. The Morgan fingerprint density at radius 2 is 1.94 bits per heavy atom. The first-order chi connectivity index (χ1) is 7.55. The van der Waals surface area contributed by atoms with Crippen molar-refractivity contribution in [3.63, 3.8) is 0 Å². The highest BCUT2D eigenvalue weighted by atomic mass is 19.3. The van der Waals surface area contributed by atoms with Crippen molar-refractivity contribution in [2.24, 2.45) is 0 Å². The number of carbonyl (C=O) groups is 1. The molecular weight excluding hydrogens is 218 g/mol. The van der Waals surface area contributed by atoms with Gasteiger partial charge in [-0.15, -0.1) is 0 Å². The molecule has 0 spiro atoms. The van der Waals surface area contributed by atoms with Crippen molar-refractivity contribution in [1.29, 1.82) is 0 Å². The van der Waals surface area contributed by atoms with Crippen molar-refractivity contribution < 1.29 is 18.7 Å². The lowest BCUT2D eigenvalue weighted by molar-refractivity contribution is -0.131. The molecule has 1 rings (SSSR count). The number of hydrogen-bond donors (Lipinski definition) is 2. The third-order valence-electron chi connectivity index (χ3n) is 2.60. The number of carbonyl (C=O) groups excluding carboxylic acids is 1. The van der Waals surface area contributed by atoms with E-state index < -0.39 is 19.1 Å². The summed E-state index contributed by atoms with van der Waals surface area (Å²) in [5.41, 5.74) is 0. The number of nitrogens with zero attached hydrogens (tertiary/aromatic N) is 1. The molecule has 1 saturated heterocycles. The molecule has 1 amide bonds. The first-order valence-electron chi connectivity index (χ1n) is 5.52. The molecule has 0 saturated carbocycles. The monoisotopic (exact) mass is 236 g/mol. The molecule has 2 N–H and O–H groups in total. The van der Waals surface area contributed by atoms with Gasteiger partial charge in [-0.1, -0.05) is 0 Å². The number of halogens is 2. The number of amides is 1. The van der Waals surface area contributed by atoms with E-state index in [1.807, 2.05) is 0 Å². The molecule has 0 radical (unpaired) electrons. The number of piperidine rings is 1. The van der Waals surface area contributed by atoms with Crippen molar-refractivity contribution >= 4 is 5.91 Å². The largest absolute Gasteiger partial charge is 0.390 e. The molecule has 1 fully saturated rings. The van der Waals surface area contributed by atoms with E-state index in [0.717, 1.165) is 32.4 Å². The van der Waals surface area contributed by atoms with Crippen LogP contribution in [0.1, 0.15) is 19.3 Å². The Labute approximate surface area is 93.6 Å². The molecule has 0 aromatic carbocycles. The number of aliphatic hydroxyl groups is 1. The van der Waals surface area contributed by atoms with Gasteiger partial charge >= 0.3 is 0 Å². The average Bonchev–Trinajstić information content (AvgIpc) is 2.30. The van der Waals surface area contributed by atoms with Gasteiger partial charge in [0, 0.05) is 13.1 Å².